The number of carbonyl (C=O) groups excluding carboxylic acids is 1. The summed E-state index contributed by atoms with van der Waals surface area (Å²) in [5, 5.41) is 3.21. The van der Waals surface area contributed by atoms with Crippen LogP contribution >= 0.6 is 0 Å². The lowest BCUT2D eigenvalue weighted by Crippen LogP contribution is -2.37. The number of aromatic nitrogens is 5. The number of nitrogens with two attached hydrogens (primary N) is 1. The number of fused-ring (bicyclic) bond motifs is 1. The highest BCUT2D eigenvalue weighted by Crippen LogP contribution is 2.26. The van der Waals surface area contributed by atoms with Crippen LogP contribution in [0, 0.1) is 0 Å². The molecule has 0 aromatic carbocycles. The van der Waals surface area contributed by atoms with E-state index >= 15 is 0 Å². The van der Waals surface area contributed by atoms with Crippen molar-refractivity contribution in [2.45, 2.75) is 0 Å². The summed E-state index contributed by atoms with van der Waals surface area (Å²) in [5.41, 5.74) is 7.94. The Kier molecular flexibility index (Phi) is 4.48. The molecule has 0 radical (unpaired) electrons. The van der Waals surface area contributed by atoms with Gasteiger partial charge in [-0.3, -0.25) is 9.20 Å². The highest BCUT2D eigenvalue weighted by atomic mass is 16.5. The average molecular weight is 406 g/mol. The molecular formula is C19H18N8O3. The fourth-order valence-corrected chi connectivity index (χ4v) is 3.27. The summed E-state index contributed by atoms with van der Waals surface area (Å²) in [7, 11) is 0. The van der Waals surface area contributed by atoms with Gasteiger partial charge in [-0.15, -0.1) is 0 Å². The Labute approximate surface area is 170 Å². The number of morpholine rings is 1. The highest BCUT2D eigenvalue weighted by Gasteiger charge is 2.16. The predicted octanol–water partition coefficient (Wildman–Crippen LogP) is 1.46. The summed E-state index contributed by atoms with van der Waals surface area (Å²) < 4.78 is 12.4. The largest absolute Gasteiger partial charge is 0.458 e. The second-order valence-electron chi connectivity index (χ2n) is 6.67. The second-order valence-corrected chi connectivity index (χ2v) is 6.67. The van der Waals surface area contributed by atoms with Gasteiger partial charge >= 0.3 is 0 Å². The van der Waals surface area contributed by atoms with Crippen molar-refractivity contribution in [1.29, 1.82) is 0 Å². The van der Waals surface area contributed by atoms with E-state index in [0.29, 0.717) is 47.6 Å². The third-order valence-electron chi connectivity index (χ3n) is 4.76. The number of hydrogen-bond acceptors (Lipinski definition) is 9. The van der Waals surface area contributed by atoms with Crippen LogP contribution in [0.2, 0.25) is 0 Å². The molecule has 4 aromatic heterocycles. The molecule has 5 heterocycles. The van der Waals surface area contributed by atoms with Gasteiger partial charge in [-0.1, -0.05) is 0 Å². The highest BCUT2D eigenvalue weighted by molar-refractivity contribution is 5.91. The Hall–Kier alpha value is -3.99. The lowest BCUT2D eigenvalue weighted by atomic mass is 10.2. The zero-order chi connectivity index (χ0) is 20.5. The van der Waals surface area contributed by atoms with Crippen molar-refractivity contribution in [2.75, 3.05) is 36.5 Å². The third kappa shape index (κ3) is 3.31. The van der Waals surface area contributed by atoms with Gasteiger partial charge in [0.15, 0.2) is 17.2 Å². The van der Waals surface area contributed by atoms with E-state index in [0.717, 1.165) is 13.1 Å². The maximum atomic E-state index is 11.3. The minimum Gasteiger partial charge on any atom is -0.458 e. The fraction of sp³-hybridized carbons (Fsp3) is 0.211. The summed E-state index contributed by atoms with van der Waals surface area (Å²) in [4.78, 5) is 31.1. The van der Waals surface area contributed by atoms with Gasteiger partial charge in [0.1, 0.15) is 6.26 Å². The van der Waals surface area contributed by atoms with Crippen molar-refractivity contribution in [3.8, 4) is 11.3 Å². The van der Waals surface area contributed by atoms with Gasteiger partial charge in [0.2, 0.25) is 5.95 Å². The van der Waals surface area contributed by atoms with Gasteiger partial charge < -0.3 is 25.1 Å². The van der Waals surface area contributed by atoms with E-state index in [1.165, 1.54) is 6.26 Å². The van der Waals surface area contributed by atoms with Gasteiger partial charge in [-0.05, 0) is 6.07 Å². The zero-order valence-electron chi connectivity index (χ0n) is 15.9. The van der Waals surface area contributed by atoms with Crippen LogP contribution in [0.5, 0.6) is 0 Å². The minimum atomic E-state index is -0.630. The smallest absolute Gasteiger partial charge is 0.284 e. The molecule has 152 valence electrons. The third-order valence-corrected chi connectivity index (χ3v) is 4.76. The number of rotatable bonds is 5. The summed E-state index contributed by atoms with van der Waals surface area (Å²) >= 11 is 0. The van der Waals surface area contributed by atoms with Gasteiger partial charge in [-0.2, -0.15) is 0 Å². The monoisotopic (exact) mass is 406 g/mol. The number of ether oxygens (including phenoxy) is 1. The molecule has 5 rings (SSSR count). The Balaban J connectivity index is 1.41. The molecule has 0 aliphatic carbocycles. The fourth-order valence-electron chi connectivity index (χ4n) is 3.27. The quantitative estimate of drug-likeness (QED) is 0.504. The van der Waals surface area contributed by atoms with Gasteiger partial charge in [-0.25, -0.2) is 19.9 Å². The molecule has 4 aromatic rings. The van der Waals surface area contributed by atoms with Crippen molar-refractivity contribution in [3.05, 3.63) is 49.1 Å². The lowest BCUT2D eigenvalue weighted by Gasteiger charge is -2.26. The number of hydrogen-bond donors (Lipinski definition) is 2. The number of nitrogens with zero attached hydrogens (tertiary/aromatic N) is 6. The van der Waals surface area contributed by atoms with E-state index in [2.05, 4.69) is 30.2 Å². The molecule has 11 heteroatoms. The first-order chi connectivity index (χ1) is 14.7. The zero-order valence-corrected chi connectivity index (χ0v) is 15.9. The van der Waals surface area contributed by atoms with E-state index in [9.17, 15) is 4.79 Å². The Morgan fingerprint density at radius 3 is 2.63 bits per heavy atom. The predicted molar refractivity (Wildman–Crippen MR) is 108 cm³/mol. The number of anilines is 3. The topological polar surface area (TPSA) is 137 Å². The summed E-state index contributed by atoms with van der Waals surface area (Å²) in [6, 6.07) is 1.57. The van der Waals surface area contributed by atoms with E-state index in [1.54, 1.807) is 37.1 Å². The Morgan fingerprint density at radius 2 is 1.90 bits per heavy atom. The van der Waals surface area contributed by atoms with Gasteiger partial charge in [0.25, 0.3) is 5.91 Å². The molecule has 0 unspecified atom stereocenters. The van der Waals surface area contributed by atoms with E-state index in [4.69, 9.17) is 14.9 Å². The summed E-state index contributed by atoms with van der Waals surface area (Å²) in [6.45, 7) is 2.90. The number of furan rings is 1. The van der Waals surface area contributed by atoms with Crippen molar-refractivity contribution in [2.24, 2.45) is 5.73 Å². The molecule has 1 aliphatic heterocycles. The molecule has 1 saturated heterocycles. The van der Waals surface area contributed by atoms with Crippen LogP contribution in [-0.2, 0) is 4.74 Å². The molecule has 1 amide bonds. The van der Waals surface area contributed by atoms with Crippen LogP contribution in [0.1, 0.15) is 10.6 Å². The molecule has 0 saturated carbocycles. The van der Waals surface area contributed by atoms with Gasteiger partial charge in [0.05, 0.1) is 43.2 Å². The second kappa shape index (κ2) is 7.44. The number of nitrogens with one attached hydrogen (secondary N) is 1. The van der Waals surface area contributed by atoms with E-state index < -0.39 is 5.91 Å². The number of imidazole rings is 1. The molecule has 1 aliphatic rings. The van der Waals surface area contributed by atoms with Gasteiger partial charge in [0, 0.05) is 31.0 Å². The number of primary amides is 1. The van der Waals surface area contributed by atoms with Crippen molar-refractivity contribution in [3.63, 3.8) is 0 Å². The first-order valence-electron chi connectivity index (χ1n) is 9.31. The van der Waals surface area contributed by atoms with E-state index in [-0.39, 0.29) is 5.76 Å². The maximum absolute atomic E-state index is 11.3. The molecule has 30 heavy (non-hydrogen) atoms. The Bertz CT molecular complexity index is 1190. The summed E-state index contributed by atoms with van der Waals surface area (Å²) in [5.74, 6) is 0.668. The molecule has 11 nitrogen and oxygen atoms in total. The van der Waals surface area contributed by atoms with Crippen LogP contribution in [0.3, 0.4) is 0 Å². The normalized spacial score (nSPS) is 14.2. The Morgan fingerprint density at radius 1 is 1.10 bits per heavy atom. The van der Waals surface area contributed by atoms with Crippen LogP contribution in [0.25, 0.3) is 16.9 Å². The molecule has 1 fully saturated rings. The molecule has 0 atom stereocenters. The lowest BCUT2D eigenvalue weighted by molar-refractivity contribution is 0.0974. The SMILES string of the molecule is NC(=O)c1cc(-c2cnc(Nc3cnc(N4CCOCC4)nc3)c3nccn23)co1. The van der Waals surface area contributed by atoms with Crippen LogP contribution in [0.4, 0.5) is 17.5 Å². The van der Waals surface area contributed by atoms with Crippen LogP contribution in [-0.4, -0.2) is 56.5 Å². The standard InChI is InChI=1S/C19H18N8O3/c20-16(28)15-7-12(11-30-15)14-10-22-17(18-21-1-2-27(14)18)25-13-8-23-19(24-9-13)26-3-5-29-6-4-26/h1-2,7-11H,3-6H2,(H2,20,28)(H,22,25). The van der Waals surface area contributed by atoms with Crippen molar-refractivity contribution < 1.29 is 13.9 Å². The van der Waals surface area contributed by atoms with Crippen molar-refractivity contribution >= 4 is 29.0 Å². The maximum Gasteiger partial charge on any atom is 0.284 e. The molecule has 0 spiro atoms. The van der Waals surface area contributed by atoms with Crippen LogP contribution in [0.15, 0.2) is 47.7 Å². The number of amides is 1. The first kappa shape index (κ1) is 18.1. The average Bonchev–Trinajstić information content (AvgIpc) is 3.46. The molecule has 3 N–H and O–H groups in total. The van der Waals surface area contributed by atoms with Crippen molar-refractivity contribution in [1.82, 2.24) is 24.3 Å². The summed E-state index contributed by atoms with van der Waals surface area (Å²) in [6.07, 6.45) is 10.0. The van der Waals surface area contributed by atoms with Crippen LogP contribution < -0.4 is 16.0 Å². The molecular weight excluding hydrogens is 388 g/mol. The van der Waals surface area contributed by atoms with E-state index in [1.807, 2.05) is 4.40 Å². The number of carbonyl (C=O) groups is 1. The minimum absolute atomic E-state index is 0.0815. The first-order valence-corrected chi connectivity index (χ1v) is 9.31. The molecule has 0 bridgehead atoms.